The molecular weight excluding hydrogens is 445 g/mol. The molecule has 1 aliphatic rings. The summed E-state index contributed by atoms with van der Waals surface area (Å²) in [5.41, 5.74) is 16.6. The monoisotopic (exact) mass is 471 g/mol. The second-order valence-electron chi connectivity index (χ2n) is 8.47. The van der Waals surface area contributed by atoms with Gasteiger partial charge in [-0.3, -0.25) is 9.36 Å². The number of amides is 1. The summed E-state index contributed by atoms with van der Waals surface area (Å²) in [5.74, 6) is 0.576. The zero-order chi connectivity index (χ0) is 24.5. The van der Waals surface area contributed by atoms with Crippen molar-refractivity contribution in [3.63, 3.8) is 0 Å². The van der Waals surface area contributed by atoms with E-state index in [1.807, 2.05) is 22.8 Å². The molecule has 0 atom stereocenters. The Morgan fingerprint density at radius 1 is 1.17 bits per heavy atom. The molecule has 0 unspecified atom stereocenters. The number of nitrogens with zero attached hydrogens (tertiary/aromatic N) is 3. The van der Waals surface area contributed by atoms with Gasteiger partial charge in [0.1, 0.15) is 0 Å². The minimum absolute atomic E-state index is 0.227. The number of carbonyl (C=O) groups is 1. The van der Waals surface area contributed by atoms with Crippen LogP contribution in [0.3, 0.4) is 0 Å². The van der Waals surface area contributed by atoms with Crippen molar-refractivity contribution in [2.24, 2.45) is 11.5 Å². The molecule has 1 amide bonds. The van der Waals surface area contributed by atoms with Gasteiger partial charge in [-0.1, -0.05) is 30.3 Å². The highest BCUT2D eigenvalue weighted by molar-refractivity contribution is 6.58. The molecule has 0 fully saturated rings. The summed E-state index contributed by atoms with van der Waals surface area (Å²) < 4.78 is 1.87. The molecule has 3 heterocycles. The van der Waals surface area contributed by atoms with Crippen molar-refractivity contribution < 1.29 is 14.8 Å². The first-order chi connectivity index (χ1) is 17.0. The topological polar surface area (TPSA) is 164 Å². The Hall–Kier alpha value is -3.93. The van der Waals surface area contributed by atoms with Crippen molar-refractivity contribution in [3.8, 4) is 5.95 Å². The van der Waals surface area contributed by atoms with Crippen LogP contribution in [0.4, 0.5) is 11.5 Å². The van der Waals surface area contributed by atoms with Crippen molar-refractivity contribution in [1.82, 2.24) is 14.5 Å². The lowest BCUT2D eigenvalue weighted by molar-refractivity contribution is 0.100. The van der Waals surface area contributed by atoms with Crippen LogP contribution < -0.4 is 27.6 Å². The maximum absolute atomic E-state index is 12.0. The van der Waals surface area contributed by atoms with E-state index in [1.54, 1.807) is 30.3 Å². The van der Waals surface area contributed by atoms with Crippen LogP contribution in [0.15, 0.2) is 48.5 Å². The van der Waals surface area contributed by atoms with Gasteiger partial charge in [-0.05, 0) is 42.1 Å². The molecule has 0 bridgehead atoms. The highest BCUT2D eigenvalue weighted by Crippen LogP contribution is 2.31. The quantitative estimate of drug-likeness (QED) is 0.214. The number of hydrogen-bond donors (Lipinski definition) is 6. The van der Waals surface area contributed by atoms with Gasteiger partial charge >= 0.3 is 7.12 Å². The lowest BCUT2D eigenvalue weighted by Crippen LogP contribution is -2.30. The molecule has 0 spiro atoms. The third-order valence-electron chi connectivity index (χ3n) is 6.17. The van der Waals surface area contributed by atoms with Crippen molar-refractivity contribution in [2.45, 2.75) is 25.9 Å². The van der Waals surface area contributed by atoms with E-state index in [0.29, 0.717) is 34.7 Å². The summed E-state index contributed by atoms with van der Waals surface area (Å²) in [6.45, 7) is 1.47. The zero-order valence-electron chi connectivity index (χ0n) is 19.0. The molecule has 0 radical (unpaired) electrons. The lowest BCUT2D eigenvalue weighted by Gasteiger charge is -2.22. The van der Waals surface area contributed by atoms with Crippen LogP contribution in [0.1, 0.15) is 33.7 Å². The largest absolute Gasteiger partial charge is 0.488 e. The first kappa shape index (κ1) is 22.8. The number of rotatable bonds is 7. The maximum Gasteiger partial charge on any atom is 0.488 e. The Bertz CT molecular complexity index is 1420. The summed E-state index contributed by atoms with van der Waals surface area (Å²) in [6, 6.07) is 14.3. The van der Waals surface area contributed by atoms with Crippen molar-refractivity contribution in [1.29, 1.82) is 0 Å². The van der Waals surface area contributed by atoms with Gasteiger partial charge in [-0.25, -0.2) is 4.98 Å². The molecule has 11 heteroatoms. The fourth-order valence-electron chi connectivity index (χ4n) is 4.49. The summed E-state index contributed by atoms with van der Waals surface area (Å²) in [5, 5.41) is 26.4. The smallest absolute Gasteiger partial charge is 0.423 e. The zero-order valence-corrected chi connectivity index (χ0v) is 19.0. The molecule has 10 nitrogen and oxygen atoms in total. The van der Waals surface area contributed by atoms with Gasteiger partial charge in [0.25, 0.3) is 0 Å². The Balaban J connectivity index is 1.59. The average molecular weight is 471 g/mol. The van der Waals surface area contributed by atoms with Crippen molar-refractivity contribution >= 4 is 40.9 Å². The van der Waals surface area contributed by atoms with E-state index in [0.717, 1.165) is 47.5 Å². The predicted octanol–water partition coefficient (Wildman–Crippen LogP) is 0.628. The third kappa shape index (κ3) is 4.32. The molecule has 8 N–H and O–H groups in total. The van der Waals surface area contributed by atoms with Gasteiger partial charge in [0.15, 0.2) is 5.82 Å². The summed E-state index contributed by atoms with van der Waals surface area (Å²) in [4.78, 5) is 21.7. The fraction of sp³-hybridized carbons (Fsp3) is 0.208. The van der Waals surface area contributed by atoms with Crippen LogP contribution in [0.25, 0.3) is 16.9 Å². The van der Waals surface area contributed by atoms with Crippen LogP contribution in [0, 0.1) is 0 Å². The molecule has 2 aromatic carbocycles. The molecule has 5 rings (SSSR count). The Morgan fingerprint density at radius 3 is 2.77 bits per heavy atom. The van der Waals surface area contributed by atoms with Gasteiger partial charge in [0.2, 0.25) is 11.9 Å². The number of aryl methyl sites for hydroxylation is 1. The van der Waals surface area contributed by atoms with Gasteiger partial charge in [-0.15, -0.1) is 0 Å². The Kier molecular flexibility index (Phi) is 6.12. The van der Waals surface area contributed by atoms with E-state index in [-0.39, 0.29) is 6.54 Å². The van der Waals surface area contributed by atoms with E-state index in [2.05, 4.69) is 10.6 Å². The Morgan fingerprint density at radius 2 is 2.00 bits per heavy atom. The summed E-state index contributed by atoms with van der Waals surface area (Å²) in [6.07, 6.45) is 1.74. The van der Waals surface area contributed by atoms with Gasteiger partial charge in [-0.2, -0.15) is 4.98 Å². The predicted molar refractivity (Wildman–Crippen MR) is 136 cm³/mol. The molecule has 4 aromatic rings. The summed E-state index contributed by atoms with van der Waals surface area (Å²) in [7, 11) is -1.53. The van der Waals surface area contributed by atoms with Crippen LogP contribution >= 0.6 is 0 Å². The standard InChI is InChI=1S/C24H26BN7O3/c26-12-16-11-18-17(22(27)33)6-2-8-20(18)32(16)24-30-19-7-3-9-28-21(19)23(31-24)29-13-14-4-1-5-15(10-14)25(34)35/h1-2,4-6,8,10-11,28,34-35H,3,7,9,12-13,26H2,(H2,27,33)(H,29,30,31). The molecular formula is C24H26BN7O3. The van der Waals surface area contributed by atoms with Crippen molar-refractivity contribution in [2.75, 3.05) is 17.2 Å². The number of nitrogens with two attached hydrogens (primary N) is 2. The van der Waals surface area contributed by atoms with Crippen LogP contribution in [-0.2, 0) is 19.5 Å². The molecule has 35 heavy (non-hydrogen) atoms. The minimum Gasteiger partial charge on any atom is -0.423 e. The number of anilines is 2. The first-order valence-corrected chi connectivity index (χ1v) is 11.4. The normalized spacial score (nSPS) is 12.8. The van der Waals surface area contributed by atoms with Crippen LogP contribution in [0.2, 0.25) is 0 Å². The molecule has 0 aliphatic carbocycles. The maximum atomic E-state index is 12.0. The minimum atomic E-state index is -1.53. The van der Waals surface area contributed by atoms with E-state index in [4.69, 9.17) is 21.4 Å². The van der Waals surface area contributed by atoms with E-state index in [9.17, 15) is 14.8 Å². The highest BCUT2D eigenvalue weighted by atomic mass is 16.4. The molecule has 2 aromatic heterocycles. The van der Waals surface area contributed by atoms with Crippen LogP contribution in [0.5, 0.6) is 0 Å². The van der Waals surface area contributed by atoms with E-state index < -0.39 is 13.0 Å². The third-order valence-corrected chi connectivity index (χ3v) is 6.17. The second-order valence-corrected chi connectivity index (χ2v) is 8.47. The number of aromatic nitrogens is 3. The number of carbonyl (C=O) groups excluding carboxylic acids is 1. The highest BCUT2D eigenvalue weighted by Gasteiger charge is 2.22. The first-order valence-electron chi connectivity index (χ1n) is 11.4. The number of nitrogens with one attached hydrogen (secondary N) is 2. The van der Waals surface area contributed by atoms with Gasteiger partial charge in [0, 0.05) is 36.3 Å². The SMILES string of the molecule is NCc1cc2c(C(N)=O)cccc2n1-c1nc2c(c(NCc3cccc(B(O)O)c3)n1)NCCC2. The number of fused-ring (bicyclic) bond motifs is 2. The van der Waals surface area contributed by atoms with Crippen LogP contribution in [-0.4, -0.2) is 44.2 Å². The second kappa shape index (κ2) is 9.38. The van der Waals surface area contributed by atoms with Gasteiger partial charge < -0.3 is 32.1 Å². The van der Waals surface area contributed by atoms with E-state index >= 15 is 0 Å². The average Bonchev–Trinajstić information content (AvgIpc) is 3.26. The van der Waals surface area contributed by atoms with Crippen molar-refractivity contribution in [3.05, 3.63) is 71.0 Å². The molecule has 1 aliphatic heterocycles. The lowest BCUT2D eigenvalue weighted by atomic mass is 9.80. The molecule has 0 saturated carbocycles. The Labute approximate surface area is 202 Å². The number of benzene rings is 2. The number of primary amides is 1. The van der Waals surface area contributed by atoms with Gasteiger partial charge in [0.05, 0.1) is 16.9 Å². The summed E-state index contributed by atoms with van der Waals surface area (Å²) >= 11 is 0. The fourth-order valence-corrected chi connectivity index (χ4v) is 4.49. The van der Waals surface area contributed by atoms with E-state index in [1.165, 1.54) is 0 Å². The number of hydrogen-bond acceptors (Lipinski definition) is 8. The molecule has 178 valence electrons. The molecule has 0 saturated heterocycles.